The third-order valence-electron chi connectivity index (χ3n) is 4.33. The second-order valence-electron chi connectivity index (χ2n) is 6.49. The quantitative estimate of drug-likeness (QED) is 0.495. The Labute approximate surface area is 164 Å². The minimum Gasteiger partial charge on any atom is -0.435 e. The number of hydrogen-bond donors (Lipinski definition) is 1. The minimum atomic E-state index is -4.35. The van der Waals surface area contributed by atoms with Gasteiger partial charge in [-0.15, -0.1) is 0 Å². The number of halogens is 5. The summed E-state index contributed by atoms with van der Waals surface area (Å²) in [6.07, 6.45) is -3.48. The van der Waals surface area contributed by atoms with Gasteiger partial charge in [0, 0.05) is 30.6 Å². The summed E-state index contributed by atoms with van der Waals surface area (Å²) < 4.78 is 70.2. The first kappa shape index (κ1) is 20.9. The average molecular weight is 418 g/mol. The number of nitrogens with one attached hydrogen (secondary N) is 1. The van der Waals surface area contributed by atoms with Crippen LogP contribution in [0.2, 0.25) is 0 Å². The lowest BCUT2D eigenvalue weighted by molar-refractivity contribution is -0.137. The van der Waals surface area contributed by atoms with Crippen LogP contribution in [0.3, 0.4) is 0 Å². The lowest BCUT2D eigenvalue weighted by Gasteiger charge is -2.17. The second-order valence-corrected chi connectivity index (χ2v) is 7.40. The highest BCUT2D eigenvalue weighted by Gasteiger charge is 2.30. The Morgan fingerprint density at radius 3 is 2.57 bits per heavy atom. The van der Waals surface area contributed by atoms with E-state index >= 15 is 0 Å². The maximum absolute atomic E-state index is 12.8. The highest BCUT2D eigenvalue weighted by molar-refractivity contribution is 7.97. The van der Waals surface area contributed by atoms with Crippen molar-refractivity contribution in [1.82, 2.24) is 9.62 Å². The summed E-state index contributed by atoms with van der Waals surface area (Å²) in [6.45, 7) is -0.579. The maximum Gasteiger partial charge on any atom is 0.416 e. The Morgan fingerprint density at radius 2 is 1.89 bits per heavy atom. The Balaban J connectivity index is 1.47. The van der Waals surface area contributed by atoms with E-state index in [0.717, 1.165) is 37.2 Å². The van der Waals surface area contributed by atoms with E-state index < -0.39 is 18.4 Å². The van der Waals surface area contributed by atoms with Crippen LogP contribution in [0.5, 0.6) is 5.75 Å². The van der Waals surface area contributed by atoms with Gasteiger partial charge in [0.15, 0.2) is 0 Å². The Morgan fingerprint density at radius 1 is 1.14 bits per heavy atom. The molecule has 1 fully saturated rings. The third-order valence-corrected chi connectivity index (χ3v) is 5.27. The molecule has 1 aliphatic rings. The van der Waals surface area contributed by atoms with Gasteiger partial charge in [-0.3, -0.25) is 9.62 Å². The topological polar surface area (TPSA) is 24.5 Å². The zero-order valence-corrected chi connectivity index (χ0v) is 15.6. The van der Waals surface area contributed by atoms with E-state index in [1.54, 1.807) is 18.2 Å². The highest BCUT2D eigenvalue weighted by atomic mass is 32.2. The van der Waals surface area contributed by atoms with Gasteiger partial charge >= 0.3 is 12.8 Å². The fourth-order valence-corrected chi connectivity index (χ4v) is 3.82. The standard InChI is InChI=1S/C19H19F5N2OS/c20-18(21)27-16-6-4-13(5-7-16)11-26-9-8-15(12-26)25-28-17-3-1-2-14(10-17)19(22,23)24/h1-7,10,15,18,25H,8-9,11-12H2. The van der Waals surface area contributed by atoms with Crippen LogP contribution in [0.15, 0.2) is 53.4 Å². The summed E-state index contributed by atoms with van der Waals surface area (Å²) >= 11 is 1.20. The van der Waals surface area contributed by atoms with Crippen LogP contribution in [0.25, 0.3) is 0 Å². The fourth-order valence-electron chi connectivity index (χ4n) is 2.99. The number of rotatable bonds is 7. The van der Waals surface area contributed by atoms with E-state index in [9.17, 15) is 22.0 Å². The Hall–Kier alpha value is -1.84. The number of ether oxygens (including phenoxy) is 1. The second kappa shape index (κ2) is 9.11. The van der Waals surface area contributed by atoms with Gasteiger partial charge in [0.2, 0.25) is 0 Å². The molecule has 1 heterocycles. The van der Waals surface area contributed by atoms with Crippen molar-refractivity contribution in [3.63, 3.8) is 0 Å². The fraction of sp³-hybridized carbons (Fsp3) is 0.368. The van der Waals surface area contributed by atoms with Crippen molar-refractivity contribution in [3.8, 4) is 5.75 Å². The summed E-state index contributed by atoms with van der Waals surface area (Å²) in [5.41, 5.74) is 0.319. The van der Waals surface area contributed by atoms with Crippen molar-refractivity contribution in [1.29, 1.82) is 0 Å². The zero-order chi connectivity index (χ0) is 20.1. The minimum absolute atomic E-state index is 0.122. The number of benzene rings is 2. The SMILES string of the molecule is FC(F)Oc1ccc(CN2CCC(NSc3cccc(C(F)(F)F)c3)C2)cc1. The summed E-state index contributed by atoms with van der Waals surface area (Å²) in [7, 11) is 0. The number of likely N-dealkylation sites (tertiary alicyclic amines) is 1. The highest BCUT2D eigenvalue weighted by Crippen LogP contribution is 2.31. The number of alkyl halides is 5. The van der Waals surface area contributed by atoms with Gasteiger partial charge in [0.25, 0.3) is 0 Å². The average Bonchev–Trinajstić information content (AvgIpc) is 3.08. The largest absolute Gasteiger partial charge is 0.435 e. The first-order valence-corrected chi connectivity index (χ1v) is 9.47. The van der Waals surface area contributed by atoms with Gasteiger partial charge in [0.05, 0.1) is 5.56 Å². The molecule has 0 aliphatic carbocycles. The van der Waals surface area contributed by atoms with Crippen molar-refractivity contribution in [2.45, 2.75) is 36.7 Å². The molecule has 1 unspecified atom stereocenters. The summed E-state index contributed by atoms with van der Waals surface area (Å²) in [6, 6.07) is 11.9. The molecule has 2 aromatic carbocycles. The zero-order valence-electron chi connectivity index (χ0n) is 14.8. The van der Waals surface area contributed by atoms with E-state index in [1.807, 2.05) is 0 Å². The maximum atomic E-state index is 12.8. The smallest absolute Gasteiger partial charge is 0.416 e. The van der Waals surface area contributed by atoms with Crippen molar-refractivity contribution in [2.24, 2.45) is 0 Å². The van der Waals surface area contributed by atoms with Crippen molar-refractivity contribution in [2.75, 3.05) is 13.1 Å². The summed E-state index contributed by atoms with van der Waals surface area (Å²) in [4.78, 5) is 2.72. The molecule has 0 spiro atoms. The van der Waals surface area contributed by atoms with E-state index in [0.29, 0.717) is 11.4 Å². The molecule has 3 nitrogen and oxygen atoms in total. The number of nitrogens with zero attached hydrogens (tertiary/aromatic N) is 1. The van der Waals surface area contributed by atoms with Crippen molar-refractivity contribution < 1.29 is 26.7 Å². The molecule has 1 aliphatic heterocycles. The lowest BCUT2D eigenvalue weighted by atomic mass is 10.2. The van der Waals surface area contributed by atoms with E-state index in [4.69, 9.17) is 0 Å². The molecule has 0 bridgehead atoms. The van der Waals surface area contributed by atoms with Crippen LogP contribution < -0.4 is 9.46 Å². The van der Waals surface area contributed by atoms with Gasteiger partial charge in [-0.2, -0.15) is 22.0 Å². The van der Waals surface area contributed by atoms with Crippen molar-refractivity contribution >= 4 is 11.9 Å². The van der Waals surface area contributed by atoms with Gasteiger partial charge in [-0.1, -0.05) is 18.2 Å². The molecular formula is C19H19F5N2OS. The molecule has 28 heavy (non-hydrogen) atoms. The molecule has 0 radical (unpaired) electrons. The molecular weight excluding hydrogens is 399 g/mol. The normalized spacial score (nSPS) is 18.0. The van der Waals surface area contributed by atoms with E-state index in [1.165, 1.54) is 30.1 Å². The van der Waals surface area contributed by atoms with Crippen LogP contribution in [-0.4, -0.2) is 30.6 Å². The Bertz CT molecular complexity index is 770. The monoisotopic (exact) mass is 418 g/mol. The molecule has 0 amide bonds. The summed E-state index contributed by atoms with van der Waals surface area (Å²) in [5, 5.41) is 0. The van der Waals surface area contributed by atoms with Crippen LogP contribution in [0.1, 0.15) is 17.5 Å². The molecule has 1 N–H and O–H groups in total. The van der Waals surface area contributed by atoms with Gasteiger partial charge < -0.3 is 4.74 Å². The molecule has 2 aromatic rings. The predicted molar refractivity (Wildman–Crippen MR) is 97.2 cm³/mol. The van der Waals surface area contributed by atoms with Gasteiger partial charge in [-0.05, 0) is 54.3 Å². The van der Waals surface area contributed by atoms with E-state index in [2.05, 4.69) is 14.4 Å². The molecule has 3 rings (SSSR count). The van der Waals surface area contributed by atoms with Crippen LogP contribution in [-0.2, 0) is 12.7 Å². The van der Waals surface area contributed by atoms with Gasteiger partial charge in [0.1, 0.15) is 5.75 Å². The molecule has 1 atom stereocenters. The van der Waals surface area contributed by atoms with Crippen LogP contribution in [0, 0.1) is 0 Å². The molecule has 152 valence electrons. The lowest BCUT2D eigenvalue weighted by Crippen LogP contribution is -2.28. The number of hydrogen-bond acceptors (Lipinski definition) is 4. The predicted octanol–water partition coefficient (Wildman–Crippen LogP) is 5.18. The molecule has 0 saturated carbocycles. The first-order chi connectivity index (χ1) is 13.3. The summed E-state index contributed by atoms with van der Waals surface area (Å²) in [5.74, 6) is 0.122. The first-order valence-electron chi connectivity index (χ1n) is 8.65. The van der Waals surface area contributed by atoms with Crippen LogP contribution >= 0.6 is 11.9 Å². The molecule has 1 saturated heterocycles. The molecule has 0 aromatic heterocycles. The van der Waals surface area contributed by atoms with Crippen molar-refractivity contribution in [3.05, 3.63) is 59.7 Å². The van der Waals surface area contributed by atoms with Gasteiger partial charge in [-0.25, -0.2) is 0 Å². The third kappa shape index (κ3) is 6.08. The Kier molecular flexibility index (Phi) is 6.79. The van der Waals surface area contributed by atoms with E-state index in [-0.39, 0.29) is 11.8 Å². The molecule has 9 heteroatoms. The van der Waals surface area contributed by atoms with Crippen LogP contribution in [0.4, 0.5) is 22.0 Å².